The van der Waals surface area contributed by atoms with E-state index in [0.717, 1.165) is 9.87 Å². The Labute approximate surface area is 199 Å². The number of ether oxygens (including phenoxy) is 2. The van der Waals surface area contributed by atoms with E-state index in [4.69, 9.17) is 9.47 Å². The van der Waals surface area contributed by atoms with Crippen LogP contribution in [0, 0.1) is 6.92 Å². The highest BCUT2D eigenvalue weighted by Crippen LogP contribution is 2.28. The Balaban J connectivity index is 1.84. The van der Waals surface area contributed by atoms with Gasteiger partial charge in [0.05, 0.1) is 30.5 Å². The summed E-state index contributed by atoms with van der Waals surface area (Å²) in [5, 5.41) is 4.14. The normalized spacial score (nSPS) is 11.6. The number of hydrazone groups is 1. The van der Waals surface area contributed by atoms with E-state index in [9.17, 15) is 13.2 Å². The fraction of sp³-hybridized carbons (Fsp3) is 0.200. The molecule has 1 N–H and O–H groups in total. The lowest BCUT2D eigenvalue weighted by atomic mass is 10.1. The third-order valence-electron chi connectivity index (χ3n) is 5.09. The first kappa shape index (κ1) is 24.8. The molecule has 0 aromatic heterocycles. The molecule has 3 aromatic rings. The van der Waals surface area contributed by atoms with Crippen molar-refractivity contribution in [3.8, 4) is 11.5 Å². The molecule has 178 valence electrons. The molecule has 0 radical (unpaired) electrons. The molecule has 0 bridgehead atoms. The summed E-state index contributed by atoms with van der Waals surface area (Å²) in [7, 11) is -0.902. The van der Waals surface area contributed by atoms with Gasteiger partial charge in [-0.25, -0.2) is 13.8 Å². The number of nitrogens with one attached hydrogen (secondary N) is 1. The second kappa shape index (κ2) is 10.8. The summed E-state index contributed by atoms with van der Waals surface area (Å²) in [6.07, 6.45) is 0. The SMILES string of the molecule is COc1ccc(C(C)=NNC(=O)CN(c2ccc(C)cc2)S(=O)(=O)c2ccccc2)cc1OC. The van der Waals surface area contributed by atoms with Gasteiger partial charge in [-0.2, -0.15) is 5.10 Å². The molecule has 3 rings (SSSR count). The van der Waals surface area contributed by atoms with Crippen molar-refractivity contribution in [1.82, 2.24) is 5.43 Å². The third kappa shape index (κ3) is 5.74. The number of carbonyl (C=O) groups excluding carboxylic acids is 1. The molecule has 0 atom stereocenters. The molecule has 0 saturated heterocycles. The first-order valence-corrected chi connectivity index (χ1v) is 11.9. The predicted octanol–water partition coefficient (Wildman–Crippen LogP) is 3.75. The molecular weight excluding hydrogens is 454 g/mol. The number of hydrogen-bond donors (Lipinski definition) is 1. The van der Waals surface area contributed by atoms with Crippen LogP contribution in [0.1, 0.15) is 18.1 Å². The zero-order chi connectivity index (χ0) is 24.7. The van der Waals surface area contributed by atoms with Crippen LogP contribution >= 0.6 is 0 Å². The topological polar surface area (TPSA) is 97.3 Å². The zero-order valence-corrected chi connectivity index (χ0v) is 20.3. The number of amides is 1. The smallest absolute Gasteiger partial charge is 0.264 e. The standard InChI is InChI=1S/C25H27N3O5S/c1-18-10-13-21(14-11-18)28(34(30,31)22-8-6-5-7-9-22)17-25(29)27-26-19(2)20-12-15-23(32-3)24(16-20)33-4/h5-16H,17H2,1-4H3,(H,27,29). The highest BCUT2D eigenvalue weighted by molar-refractivity contribution is 7.92. The van der Waals surface area contributed by atoms with Gasteiger partial charge in [-0.15, -0.1) is 0 Å². The van der Waals surface area contributed by atoms with Crippen molar-refractivity contribution in [1.29, 1.82) is 0 Å². The number of methoxy groups -OCH3 is 2. The Bertz CT molecular complexity index is 1270. The van der Waals surface area contributed by atoms with E-state index >= 15 is 0 Å². The van der Waals surface area contributed by atoms with Gasteiger partial charge < -0.3 is 9.47 Å². The summed E-state index contributed by atoms with van der Waals surface area (Å²) in [6, 6.07) is 20.2. The van der Waals surface area contributed by atoms with Gasteiger partial charge in [-0.05, 0) is 56.3 Å². The van der Waals surface area contributed by atoms with Gasteiger partial charge in [-0.1, -0.05) is 35.9 Å². The largest absolute Gasteiger partial charge is 0.493 e. The third-order valence-corrected chi connectivity index (χ3v) is 6.88. The number of nitrogens with zero attached hydrogens (tertiary/aromatic N) is 2. The minimum atomic E-state index is -3.98. The molecule has 0 aliphatic rings. The molecule has 3 aromatic carbocycles. The molecule has 1 amide bonds. The maximum Gasteiger partial charge on any atom is 0.264 e. The van der Waals surface area contributed by atoms with E-state index in [0.29, 0.717) is 28.5 Å². The molecule has 9 heteroatoms. The van der Waals surface area contributed by atoms with Crippen molar-refractivity contribution in [3.63, 3.8) is 0 Å². The van der Waals surface area contributed by atoms with Crippen LogP contribution in [0.4, 0.5) is 5.69 Å². The summed E-state index contributed by atoms with van der Waals surface area (Å²) >= 11 is 0. The molecule has 0 saturated carbocycles. The minimum absolute atomic E-state index is 0.0911. The van der Waals surface area contributed by atoms with Crippen LogP contribution in [0.15, 0.2) is 82.8 Å². The average Bonchev–Trinajstić information content (AvgIpc) is 2.86. The summed E-state index contributed by atoms with van der Waals surface area (Å²) in [5.74, 6) is 0.517. The van der Waals surface area contributed by atoms with Gasteiger partial charge in [0.1, 0.15) is 6.54 Å². The van der Waals surface area contributed by atoms with Gasteiger partial charge in [0.25, 0.3) is 15.9 Å². The van der Waals surface area contributed by atoms with E-state index in [1.54, 1.807) is 74.7 Å². The molecule has 0 aliphatic carbocycles. The Morgan fingerprint density at radius 3 is 2.21 bits per heavy atom. The number of benzene rings is 3. The molecule has 0 unspecified atom stereocenters. The van der Waals surface area contributed by atoms with Crippen LogP contribution < -0.4 is 19.2 Å². The molecule has 0 aliphatic heterocycles. The lowest BCUT2D eigenvalue weighted by Crippen LogP contribution is -2.39. The lowest BCUT2D eigenvalue weighted by Gasteiger charge is -2.24. The first-order valence-electron chi connectivity index (χ1n) is 10.5. The first-order chi connectivity index (χ1) is 16.3. The number of rotatable bonds is 9. The molecule has 0 fully saturated rings. The van der Waals surface area contributed by atoms with Crippen molar-refractivity contribution in [2.24, 2.45) is 5.10 Å². The van der Waals surface area contributed by atoms with Gasteiger partial charge in [0.2, 0.25) is 0 Å². The van der Waals surface area contributed by atoms with E-state index in [1.165, 1.54) is 19.2 Å². The van der Waals surface area contributed by atoms with Crippen molar-refractivity contribution < 1.29 is 22.7 Å². The van der Waals surface area contributed by atoms with Crippen LogP contribution in [0.3, 0.4) is 0 Å². The molecule has 0 heterocycles. The average molecular weight is 482 g/mol. The Kier molecular flexibility index (Phi) is 7.91. The minimum Gasteiger partial charge on any atom is -0.493 e. The fourth-order valence-corrected chi connectivity index (χ4v) is 4.63. The maximum absolute atomic E-state index is 13.3. The van der Waals surface area contributed by atoms with Crippen molar-refractivity contribution in [3.05, 3.63) is 83.9 Å². The van der Waals surface area contributed by atoms with Crippen molar-refractivity contribution in [2.75, 3.05) is 25.1 Å². The second-order valence-corrected chi connectivity index (χ2v) is 9.32. The van der Waals surface area contributed by atoms with E-state index < -0.39 is 22.5 Å². The van der Waals surface area contributed by atoms with Crippen LogP contribution in [-0.4, -0.2) is 40.8 Å². The molecule has 0 spiro atoms. The lowest BCUT2D eigenvalue weighted by molar-refractivity contribution is -0.119. The number of anilines is 1. The van der Waals surface area contributed by atoms with Gasteiger partial charge in [-0.3, -0.25) is 9.10 Å². The number of hydrogen-bond acceptors (Lipinski definition) is 6. The van der Waals surface area contributed by atoms with Gasteiger partial charge >= 0.3 is 0 Å². The highest BCUT2D eigenvalue weighted by atomic mass is 32.2. The molecular formula is C25H27N3O5S. The molecule has 8 nitrogen and oxygen atoms in total. The van der Waals surface area contributed by atoms with Crippen LogP contribution in [-0.2, 0) is 14.8 Å². The van der Waals surface area contributed by atoms with Crippen LogP contribution in [0.2, 0.25) is 0 Å². The summed E-state index contributed by atoms with van der Waals surface area (Å²) in [4.78, 5) is 12.9. The van der Waals surface area contributed by atoms with Crippen molar-refractivity contribution >= 4 is 27.3 Å². The van der Waals surface area contributed by atoms with E-state index in [1.807, 2.05) is 6.92 Å². The van der Waals surface area contributed by atoms with Gasteiger partial charge in [0, 0.05) is 5.56 Å². The van der Waals surface area contributed by atoms with Gasteiger partial charge in [0.15, 0.2) is 11.5 Å². The summed E-state index contributed by atoms with van der Waals surface area (Å²) < 4.78 is 38.3. The Morgan fingerprint density at radius 2 is 1.59 bits per heavy atom. The van der Waals surface area contributed by atoms with Crippen molar-refractivity contribution in [2.45, 2.75) is 18.7 Å². The predicted molar refractivity (Wildman–Crippen MR) is 132 cm³/mol. The van der Waals surface area contributed by atoms with E-state index in [-0.39, 0.29) is 4.90 Å². The highest BCUT2D eigenvalue weighted by Gasteiger charge is 2.27. The fourth-order valence-electron chi connectivity index (χ4n) is 3.18. The monoisotopic (exact) mass is 481 g/mol. The van der Waals surface area contributed by atoms with Crippen LogP contribution in [0.25, 0.3) is 0 Å². The van der Waals surface area contributed by atoms with Crippen LogP contribution in [0.5, 0.6) is 11.5 Å². The zero-order valence-electron chi connectivity index (χ0n) is 19.5. The number of aryl methyl sites for hydroxylation is 1. The quantitative estimate of drug-likeness (QED) is 0.371. The van der Waals surface area contributed by atoms with E-state index in [2.05, 4.69) is 10.5 Å². The Morgan fingerprint density at radius 1 is 0.941 bits per heavy atom. The summed E-state index contributed by atoms with van der Waals surface area (Å²) in [6.45, 7) is 3.18. The number of sulfonamides is 1. The number of carbonyl (C=O) groups is 1. The molecule has 34 heavy (non-hydrogen) atoms. The second-order valence-electron chi connectivity index (χ2n) is 7.46. The maximum atomic E-state index is 13.3. The summed E-state index contributed by atoms with van der Waals surface area (Å²) in [5.41, 5.74) is 5.03. The Hall–Kier alpha value is -3.85.